The number of aromatic nitrogens is 4. The first-order chi connectivity index (χ1) is 14.5. The molecule has 0 spiro atoms. The minimum Gasteiger partial charge on any atom is -0.314 e. The SMILES string of the molecule is O=C1C[C@@H](C(F)F)c2c(ncnc2-c2nn([C@H]3CCNC[C@H]3F)c3ccccc23)N1. The first kappa shape index (κ1) is 19.0. The second-order valence-electron chi connectivity index (χ2n) is 7.56. The highest BCUT2D eigenvalue weighted by atomic mass is 19.3. The van der Waals surface area contributed by atoms with Crippen LogP contribution in [0.4, 0.5) is 19.0 Å². The summed E-state index contributed by atoms with van der Waals surface area (Å²) in [7, 11) is 0. The monoisotopic (exact) mass is 416 g/mol. The smallest absolute Gasteiger partial charge is 0.246 e. The fourth-order valence-electron chi connectivity index (χ4n) is 4.33. The molecule has 2 aliphatic rings. The molecule has 7 nitrogen and oxygen atoms in total. The number of carbonyl (C=O) groups is 1. The molecule has 10 heteroatoms. The number of nitrogens with zero attached hydrogens (tertiary/aromatic N) is 4. The number of hydrogen-bond donors (Lipinski definition) is 2. The van der Waals surface area contributed by atoms with E-state index in [1.54, 1.807) is 4.68 Å². The first-order valence-electron chi connectivity index (χ1n) is 9.80. The van der Waals surface area contributed by atoms with Gasteiger partial charge in [-0.05, 0) is 19.0 Å². The molecule has 1 saturated heterocycles. The van der Waals surface area contributed by atoms with Crippen LogP contribution in [-0.4, -0.2) is 51.3 Å². The zero-order valence-corrected chi connectivity index (χ0v) is 15.9. The van der Waals surface area contributed by atoms with Gasteiger partial charge >= 0.3 is 0 Å². The molecule has 156 valence electrons. The summed E-state index contributed by atoms with van der Waals surface area (Å²) in [5.74, 6) is -1.77. The molecule has 0 radical (unpaired) electrons. The molecule has 0 unspecified atom stereocenters. The average molecular weight is 416 g/mol. The van der Waals surface area contributed by atoms with Crippen molar-refractivity contribution in [2.24, 2.45) is 0 Å². The molecule has 1 aromatic carbocycles. The molecule has 1 fully saturated rings. The van der Waals surface area contributed by atoms with Crippen LogP contribution in [0.2, 0.25) is 0 Å². The summed E-state index contributed by atoms with van der Waals surface area (Å²) in [5.41, 5.74) is 1.51. The third-order valence-electron chi connectivity index (χ3n) is 5.75. The van der Waals surface area contributed by atoms with Crippen molar-refractivity contribution < 1.29 is 18.0 Å². The molecule has 3 atom stereocenters. The van der Waals surface area contributed by atoms with Crippen LogP contribution in [0.25, 0.3) is 22.3 Å². The number of rotatable bonds is 3. The van der Waals surface area contributed by atoms with Gasteiger partial charge in [-0.1, -0.05) is 18.2 Å². The summed E-state index contributed by atoms with van der Waals surface area (Å²) in [4.78, 5) is 20.1. The van der Waals surface area contributed by atoms with Gasteiger partial charge in [0.05, 0.1) is 17.5 Å². The molecule has 3 aromatic rings. The third kappa shape index (κ3) is 3.02. The Hall–Kier alpha value is -3.01. The Morgan fingerprint density at radius 3 is 2.80 bits per heavy atom. The van der Waals surface area contributed by atoms with Crippen molar-refractivity contribution in [1.29, 1.82) is 0 Å². The molecule has 2 aliphatic heterocycles. The largest absolute Gasteiger partial charge is 0.314 e. The molecular weight excluding hydrogens is 397 g/mol. The number of anilines is 1. The van der Waals surface area contributed by atoms with Crippen LogP contribution < -0.4 is 10.6 Å². The summed E-state index contributed by atoms with van der Waals surface area (Å²) >= 11 is 0. The van der Waals surface area contributed by atoms with Crippen LogP contribution in [0.3, 0.4) is 0 Å². The minimum atomic E-state index is -2.76. The number of piperidine rings is 1. The number of para-hydroxylation sites is 1. The van der Waals surface area contributed by atoms with Gasteiger partial charge in [-0.15, -0.1) is 0 Å². The normalized spacial score (nSPS) is 24.1. The summed E-state index contributed by atoms with van der Waals surface area (Å²) in [6.07, 6.45) is -2.46. The number of nitrogens with one attached hydrogen (secondary N) is 2. The Bertz CT molecular complexity index is 1120. The molecule has 0 saturated carbocycles. The maximum absolute atomic E-state index is 14.7. The topological polar surface area (TPSA) is 84.7 Å². The highest BCUT2D eigenvalue weighted by molar-refractivity contribution is 5.98. The number of fused-ring (bicyclic) bond motifs is 2. The maximum atomic E-state index is 14.7. The standard InChI is InChI=1S/C20H19F3N6O/c21-12-8-24-6-5-14(12)29-13-4-2-1-3-10(13)17(28-29)18-16-11(19(22)23)7-15(30)27-20(16)26-9-25-18/h1-4,9,11-12,14,19,24H,5-8H2,(H,25,26,27,30)/t11-,12-,14+/m1/s1. The van der Waals surface area contributed by atoms with Gasteiger partial charge in [0, 0.05) is 23.9 Å². The minimum absolute atomic E-state index is 0.0745. The van der Waals surface area contributed by atoms with Gasteiger partial charge < -0.3 is 10.6 Å². The molecular formula is C20H19F3N6O. The highest BCUT2D eigenvalue weighted by Gasteiger charge is 2.37. The van der Waals surface area contributed by atoms with Gasteiger partial charge in [0.2, 0.25) is 12.3 Å². The first-order valence-corrected chi connectivity index (χ1v) is 9.80. The Balaban J connectivity index is 1.72. The molecule has 4 heterocycles. The van der Waals surface area contributed by atoms with E-state index in [-0.39, 0.29) is 30.0 Å². The number of hydrogen-bond acceptors (Lipinski definition) is 5. The summed E-state index contributed by atoms with van der Waals surface area (Å²) < 4.78 is 43.9. The van der Waals surface area contributed by atoms with Crippen LogP contribution in [-0.2, 0) is 4.79 Å². The second kappa shape index (κ2) is 7.35. The fourth-order valence-corrected chi connectivity index (χ4v) is 4.33. The van der Waals surface area contributed by atoms with Crippen molar-refractivity contribution in [2.75, 3.05) is 18.4 Å². The van der Waals surface area contributed by atoms with E-state index >= 15 is 0 Å². The number of benzene rings is 1. The summed E-state index contributed by atoms with van der Waals surface area (Å²) in [5, 5.41) is 10.9. The van der Waals surface area contributed by atoms with E-state index < -0.39 is 30.5 Å². The second-order valence-corrected chi connectivity index (χ2v) is 7.56. The lowest BCUT2D eigenvalue weighted by molar-refractivity contribution is -0.117. The lowest BCUT2D eigenvalue weighted by atomic mass is 9.90. The van der Waals surface area contributed by atoms with Crippen molar-refractivity contribution in [1.82, 2.24) is 25.1 Å². The van der Waals surface area contributed by atoms with E-state index in [9.17, 15) is 18.0 Å². The van der Waals surface area contributed by atoms with Gasteiger partial charge in [-0.2, -0.15) is 5.10 Å². The Morgan fingerprint density at radius 1 is 1.17 bits per heavy atom. The zero-order valence-electron chi connectivity index (χ0n) is 15.9. The van der Waals surface area contributed by atoms with Crippen molar-refractivity contribution >= 4 is 22.6 Å². The van der Waals surface area contributed by atoms with E-state index in [1.165, 1.54) is 6.33 Å². The molecule has 1 amide bonds. The van der Waals surface area contributed by atoms with Crippen LogP contribution in [0.5, 0.6) is 0 Å². The highest BCUT2D eigenvalue weighted by Crippen LogP contribution is 2.42. The number of alkyl halides is 3. The van der Waals surface area contributed by atoms with Crippen LogP contribution in [0, 0.1) is 0 Å². The number of halogens is 3. The van der Waals surface area contributed by atoms with Crippen LogP contribution >= 0.6 is 0 Å². The predicted octanol–water partition coefficient (Wildman–Crippen LogP) is 3.06. The van der Waals surface area contributed by atoms with Crippen LogP contribution in [0.15, 0.2) is 30.6 Å². The number of carbonyl (C=O) groups excluding carboxylic acids is 1. The van der Waals surface area contributed by atoms with E-state index in [2.05, 4.69) is 25.7 Å². The van der Waals surface area contributed by atoms with Crippen molar-refractivity contribution in [3.05, 3.63) is 36.2 Å². The average Bonchev–Trinajstić information content (AvgIpc) is 3.12. The molecule has 5 rings (SSSR count). The summed E-state index contributed by atoms with van der Waals surface area (Å²) in [6, 6.07) is 6.83. The lowest BCUT2D eigenvalue weighted by Crippen LogP contribution is -2.39. The van der Waals surface area contributed by atoms with Crippen LogP contribution in [0.1, 0.15) is 30.4 Å². The van der Waals surface area contributed by atoms with E-state index in [1.807, 2.05) is 24.3 Å². The lowest BCUT2D eigenvalue weighted by Gasteiger charge is -2.27. The summed E-state index contributed by atoms with van der Waals surface area (Å²) in [6.45, 7) is 0.896. The molecule has 0 aliphatic carbocycles. The van der Waals surface area contributed by atoms with Crippen molar-refractivity contribution in [3.63, 3.8) is 0 Å². The predicted molar refractivity (Wildman–Crippen MR) is 104 cm³/mol. The fraction of sp³-hybridized carbons (Fsp3) is 0.400. The molecule has 0 bridgehead atoms. The van der Waals surface area contributed by atoms with Gasteiger partial charge in [0.1, 0.15) is 29.7 Å². The van der Waals surface area contributed by atoms with Gasteiger partial charge in [0.25, 0.3) is 0 Å². The van der Waals surface area contributed by atoms with Crippen molar-refractivity contribution in [3.8, 4) is 11.4 Å². The van der Waals surface area contributed by atoms with Gasteiger partial charge in [-0.25, -0.2) is 23.1 Å². The third-order valence-corrected chi connectivity index (χ3v) is 5.75. The van der Waals surface area contributed by atoms with E-state index in [4.69, 9.17) is 0 Å². The number of amides is 1. The Morgan fingerprint density at radius 2 is 2.00 bits per heavy atom. The zero-order chi connectivity index (χ0) is 20.8. The quantitative estimate of drug-likeness (QED) is 0.686. The molecule has 30 heavy (non-hydrogen) atoms. The molecule has 2 N–H and O–H groups in total. The van der Waals surface area contributed by atoms with E-state index in [0.29, 0.717) is 29.6 Å². The Kier molecular flexibility index (Phi) is 4.65. The van der Waals surface area contributed by atoms with E-state index in [0.717, 1.165) is 0 Å². The molecule has 2 aromatic heterocycles. The van der Waals surface area contributed by atoms with Crippen molar-refractivity contribution in [2.45, 2.75) is 37.4 Å². The van der Waals surface area contributed by atoms with Gasteiger partial charge in [0.15, 0.2) is 0 Å². The Labute approximate surface area is 169 Å². The maximum Gasteiger partial charge on any atom is 0.246 e. The van der Waals surface area contributed by atoms with Gasteiger partial charge in [-0.3, -0.25) is 9.48 Å².